The van der Waals surface area contributed by atoms with Crippen molar-refractivity contribution in [2.75, 3.05) is 26.4 Å². The lowest BCUT2D eigenvalue weighted by atomic mass is 9.74. The number of nitrogens with one attached hydrogen (secondary N) is 1. The maximum Gasteiger partial charge on any atom is 0.273 e. The number of ether oxygens (including phenoxy) is 2. The Kier molecular flexibility index (Phi) is 6.87. The van der Waals surface area contributed by atoms with Gasteiger partial charge >= 0.3 is 0 Å². The number of non-ortho nitro benzene ring substituents is 1. The molecule has 10 heteroatoms. The number of hydrogen-bond acceptors (Lipinski definition) is 7. The summed E-state index contributed by atoms with van der Waals surface area (Å²) >= 11 is 0. The summed E-state index contributed by atoms with van der Waals surface area (Å²) in [6.07, 6.45) is 1.56. The molecule has 1 aliphatic heterocycles. The fourth-order valence-electron chi connectivity index (χ4n) is 4.26. The molecule has 0 atom stereocenters. The van der Waals surface area contributed by atoms with Gasteiger partial charge in [-0.15, -0.1) is 5.10 Å². The van der Waals surface area contributed by atoms with E-state index in [9.17, 15) is 14.9 Å². The van der Waals surface area contributed by atoms with Gasteiger partial charge in [0.15, 0.2) is 5.69 Å². The fraction of sp³-hybridized carbons (Fsp3) is 0.375. The molecule has 3 aromatic rings. The van der Waals surface area contributed by atoms with Crippen LogP contribution in [0.15, 0.2) is 48.5 Å². The molecular weight excluding hydrogens is 438 g/mol. The topological polar surface area (TPSA) is 121 Å². The Labute approximate surface area is 197 Å². The molecule has 4 rings (SSSR count). The van der Waals surface area contributed by atoms with Crippen LogP contribution in [0.4, 0.5) is 5.69 Å². The molecule has 178 valence electrons. The number of benzene rings is 2. The summed E-state index contributed by atoms with van der Waals surface area (Å²) in [5.41, 5.74) is 1.95. The van der Waals surface area contributed by atoms with E-state index in [1.165, 1.54) is 16.8 Å². The average Bonchev–Trinajstić information content (AvgIpc) is 3.25. The van der Waals surface area contributed by atoms with Crippen molar-refractivity contribution in [3.8, 4) is 11.4 Å². The van der Waals surface area contributed by atoms with Gasteiger partial charge in [-0.25, -0.2) is 4.68 Å². The van der Waals surface area contributed by atoms with Crippen molar-refractivity contribution < 1.29 is 19.2 Å². The summed E-state index contributed by atoms with van der Waals surface area (Å²) in [5.74, 6) is 0.469. The van der Waals surface area contributed by atoms with Crippen molar-refractivity contribution in [2.24, 2.45) is 0 Å². The molecule has 1 amide bonds. The van der Waals surface area contributed by atoms with Crippen molar-refractivity contribution in [2.45, 2.75) is 32.1 Å². The van der Waals surface area contributed by atoms with E-state index in [2.05, 4.69) is 15.6 Å². The number of rotatable bonds is 8. The van der Waals surface area contributed by atoms with E-state index in [0.717, 1.165) is 24.2 Å². The number of carbonyl (C=O) groups excluding carboxylic acids is 1. The first-order chi connectivity index (χ1) is 16.4. The van der Waals surface area contributed by atoms with Crippen LogP contribution in [0.3, 0.4) is 0 Å². The predicted molar refractivity (Wildman–Crippen MR) is 124 cm³/mol. The molecule has 1 fully saturated rings. The third-order valence-corrected chi connectivity index (χ3v) is 6.21. The van der Waals surface area contributed by atoms with Gasteiger partial charge in [-0.3, -0.25) is 14.9 Å². The highest BCUT2D eigenvalue weighted by Gasteiger charge is 2.35. The predicted octanol–water partition coefficient (Wildman–Crippen LogP) is 3.36. The summed E-state index contributed by atoms with van der Waals surface area (Å²) in [7, 11) is 0. The SMILES string of the molecule is CCOc1ccc(C2(CNC(=O)c3nnn(-c4cccc([N+](=O)[O-])c4)c3C)CCOCC2)cc1. The summed E-state index contributed by atoms with van der Waals surface area (Å²) in [6.45, 7) is 5.91. The number of aromatic nitrogens is 3. The van der Waals surface area contributed by atoms with Crippen LogP contribution in [0.25, 0.3) is 5.69 Å². The van der Waals surface area contributed by atoms with Crippen LogP contribution in [-0.2, 0) is 10.2 Å². The molecule has 0 radical (unpaired) electrons. The van der Waals surface area contributed by atoms with Crippen LogP contribution < -0.4 is 10.1 Å². The van der Waals surface area contributed by atoms with Crippen LogP contribution in [0.1, 0.15) is 41.5 Å². The minimum absolute atomic E-state index is 0.0600. The molecular formula is C24H27N5O5. The maximum absolute atomic E-state index is 13.1. The van der Waals surface area contributed by atoms with E-state index in [1.54, 1.807) is 19.1 Å². The van der Waals surface area contributed by atoms with Crippen LogP contribution in [0.5, 0.6) is 5.75 Å². The highest BCUT2D eigenvalue weighted by molar-refractivity contribution is 5.93. The van der Waals surface area contributed by atoms with Gasteiger partial charge in [0.05, 0.1) is 22.9 Å². The minimum atomic E-state index is -0.475. The summed E-state index contributed by atoms with van der Waals surface area (Å²) in [5, 5.41) is 22.2. The van der Waals surface area contributed by atoms with Gasteiger partial charge in [0.2, 0.25) is 0 Å². The summed E-state index contributed by atoms with van der Waals surface area (Å²) in [6, 6.07) is 14.0. The standard InChI is InChI=1S/C24H27N5O5/c1-3-34-21-9-7-18(8-10-21)24(11-13-33-14-12-24)16-25-23(30)22-17(2)28(27-26-22)19-5-4-6-20(15-19)29(31)32/h4-10,15H,3,11-14,16H2,1-2H3,(H,25,30). The number of hydrogen-bond donors (Lipinski definition) is 1. The zero-order valence-corrected chi connectivity index (χ0v) is 19.2. The molecule has 2 heterocycles. The monoisotopic (exact) mass is 465 g/mol. The highest BCUT2D eigenvalue weighted by atomic mass is 16.6. The van der Waals surface area contributed by atoms with E-state index in [1.807, 2.05) is 31.2 Å². The van der Waals surface area contributed by atoms with Gasteiger partial charge in [0.25, 0.3) is 11.6 Å². The molecule has 2 aromatic carbocycles. The van der Waals surface area contributed by atoms with E-state index < -0.39 is 4.92 Å². The Morgan fingerprint density at radius 3 is 2.65 bits per heavy atom. The second kappa shape index (κ2) is 10.0. The number of nitrogens with zero attached hydrogens (tertiary/aromatic N) is 4. The number of amides is 1. The van der Waals surface area contributed by atoms with Gasteiger partial charge in [0, 0.05) is 37.3 Å². The van der Waals surface area contributed by atoms with Crippen LogP contribution in [0.2, 0.25) is 0 Å². The van der Waals surface area contributed by atoms with E-state index >= 15 is 0 Å². The second-order valence-electron chi connectivity index (χ2n) is 8.24. The minimum Gasteiger partial charge on any atom is -0.494 e. The molecule has 1 aliphatic rings. The quantitative estimate of drug-likeness (QED) is 0.400. The van der Waals surface area contributed by atoms with Gasteiger partial charge in [-0.1, -0.05) is 23.4 Å². The number of nitro groups is 1. The molecule has 1 aromatic heterocycles. The lowest BCUT2D eigenvalue weighted by molar-refractivity contribution is -0.384. The third kappa shape index (κ3) is 4.76. The van der Waals surface area contributed by atoms with Crippen LogP contribution in [0, 0.1) is 17.0 Å². The van der Waals surface area contributed by atoms with E-state index in [-0.39, 0.29) is 22.7 Å². The Bertz CT molecular complexity index is 1170. The Hall–Kier alpha value is -3.79. The largest absolute Gasteiger partial charge is 0.494 e. The lowest BCUT2D eigenvalue weighted by Gasteiger charge is -2.38. The highest BCUT2D eigenvalue weighted by Crippen LogP contribution is 2.35. The summed E-state index contributed by atoms with van der Waals surface area (Å²) in [4.78, 5) is 23.7. The number of nitro benzene ring substituents is 1. The molecule has 0 saturated carbocycles. The van der Waals surface area contributed by atoms with Crippen molar-refractivity contribution in [1.29, 1.82) is 0 Å². The smallest absolute Gasteiger partial charge is 0.273 e. The first-order valence-electron chi connectivity index (χ1n) is 11.2. The van der Waals surface area contributed by atoms with Crippen LogP contribution >= 0.6 is 0 Å². The van der Waals surface area contributed by atoms with Gasteiger partial charge in [0.1, 0.15) is 5.75 Å². The van der Waals surface area contributed by atoms with Gasteiger partial charge in [-0.05, 0) is 50.5 Å². The van der Waals surface area contributed by atoms with Crippen molar-refractivity contribution in [1.82, 2.24) is 20.3 Å². The Balaban J connectivity index is 1.53. The Morgan fingerprint density at radius 1 is 1.24 bits per heavy atom. The lowest BCUT2D eigenvalue weighted by Crippen LogP contribution is -2.44. The van der Waals surface area contributed by atoms with Gasteiger partial charge in [-0.2, -0.15) is 0 Å². The molecule has 1 saturated heterocycles. The van der Waals surface area contributed by atoms with Crippen molar-refractivity contribution >= 4 is 11.6 Å². The zero-order valence-electron chi connectivity index (χ0n) is 19.2. The van der Waals surface area contributed by atoms with E-state index in [0.29, 0.717) is 37.7 Å². The fourth-order valence-corrected chi connectivity index (χ4v) is 4.26. The molecule has 0 spiro atoms. The average molecular weight is 466 g/mol. The van der Waals surface area contributed by atoms with E-state index in [4.69, 9.17) is 9.47 Å². The zero-order chi connectivity index (χ0) is 24.1. The second-order valence-corrected chi connectivity index (χ2v) is 8.24. The number of carbonyl (C=O) groups is 1. The van der Waals surface area contributed by atoms with Crippen LogP contribution in [-0.4, -0.2) is 52.2 Å². The molecule has 34 heavy (non-hydrogen) atoms. The molecule has 0 unspecified atom stereocenters. The first-order valence-corrected chi connectivity index (χ1v) is 11.2. The van der Waals surface area contributed by atoms with Crippen molar-refractivity contribution in [3.05, 3.63) is 75.6 Å². The first kappa shape index (κ1) is 23.4. The normalized spacial score (nSPS) is 15.0. The summed E-state index contributed by atoms with van der Waals surface area (Å²) < 4.78 is 12.6. The van der Waals surface area contributed by atoms with Gasteiger partial charge < -0.3 is 14.8 Å². The molecule has 1 N–H and O–H groups in total. The third-order valence-electron chi connectivity index (χ3n) is 6.21. The Morgan fingerprint density at radius 2 is 1.97 bits per heavy atom. The maximum atomic E-state index is 13.1. The molecule has 10 nitrogen and oxygen atoms in total. The molecule has 0 aliphatic carbocycles. The molecule has 0 bridgehead atoms. The van der Waals surface area contributed by atoms with Crippen molar-refractivity contribution in [3.63, 3.8) is 0 Å².